The summed E-state index contributed by atoms with van der Waals surface area (Å²) in [6, 6.07) is -0.539. The third-order valence-corrected chi connectivity index (χ3v) is 17.6. The lowest BCUT2D eigenvalue weighted by Gasteiger charge is -2.22. The number of amides is 1. The van der Waals surface area contributed by atoms with Crippen molar-refractivity contribution in [2.45, 2.75) is 437 Å². The minimum atomic E-state index is -0.662. The molecular weight excluding hydrogens is 983 g/mol. The second-order valence-corrected chi connectivity index (χ2v) is 25.6. The Morgan fingerprint density at radius 2 is 0.588 bits per heavy atom. The number of hydrogen-bond acceptors (Lipinski definition) is 5. The second-order valence-electron chi connectivity index (χ2n) is 25.6. The fraction of sp³-hybridized carbons (Fsp3) is 0.946. The van der Waals surface area contributed by atoms with Crippen molar-refractivity contribution in [2.75, 3.05) is 13.2 Å². The smallest absolute Gasteiger partial charge is 0.305 e. The molecule has 6 heteroatoms. The number of unbranched alkanes of at least 4 members (excludes halogenated alkanes) is 57. The summed E-state index contributed by atoms with van der Waals surface area (Å²) in [4.78, 5) is 24.6. The van der Waals surface area contributed by atoms with Crippen molar-refractivity contribution in [2.24, 2.45) is 0 Å². The highest BCUT2D eigenvalue weighted by molar-refractivity contribution is 5.76. The molecule has 80 heavy (non-hydrogen) atoms. The van der Waals surface area contributed by atoms with Crippen LogP contribution < -0.4 is 5.32 Å². The van der Waals surface area contributed by atoms with E-state index >= 15 is 0 Å². The molecule has 0 spiro atoms. The van der Waals surface area contributed by atoms with Gasteiger partial charge in [-0.15, -0.1) is 0 Å². The van der Waals surface area contributed by atoms with Gasteiger partial charge in [-0.25, -0.2) is 0 Å². The highest BCUT2D eigenvalue weighted by Gasteiger charge is 2.20. The number of rotatable bonds is 70. The summed E-state index contributed by atoms with van der Waals surface area (Å²) in [5.41, 5.74) is 0. The predicted octanol–water partition coefficient (Wildman–Crippen LogP) is 23.9. The van der Waals surface area contributed by atoms with Crippen LogP contribution in [-0.2, 0) is 14.3 Å². The van der Waals surface area contributed by atoms with E-state index in [9.17, 15) is 19.8 Å². The molecule has 0 saturated carbocycles. The van der Waals surface area contributed by atoms with Crippen molar-refractivity contribution in [3.8, 4) is 0 Å². The number of nitrogens with one attached hydrogen (secondary N) is 1. The van der Waals surface area contributed by atoms with Gasteiger partial charge in [0.2, 0.25) is 5.91 Å². The number of allylic oxidation sites excluding steroid dienone is 2. The Balaban J connectivity index is 3.34. The Bertz CT molecular complexity index is 1210. The van der Waals surface area contributed by atoms with Crippen molar-refractivity contribution in [3.63, 3.8) is 0 Å². The number of carbonyl (C=O) groups is 2. The molecule has 476 valence electrons. The molecule has 0 heterocycles. The molecule has 0 aromatic rings. The molecule has 0 fully saturated rings. The van der Waals surface area contributed by atoms with Crippen molar-refractivity contribution in [1.29, 1.82) is 0 Å². The monoisotopic (exact) mass is 1130 g/mol. The number of hydrogen-bond donors (Lipinski definition) is 3. The number of ether oxygens (including phenoxy) is 1. The van der Waals surface area contributed by atoms with E-state index in [0.717, 1.165) is 38.5 Å². The van der Waals surface area contributed by atoms with Crippen LogP contribution in [0.4, 0.5) is 0 Å². The van der Waals surface area contributed by atoms with Crippen LogP contribution in [0.15, 0.2) is 12.2 Å². The Labute approximate surface area is 501 Å². The van der Waals surface area contributed by atoms with Crippen LogP contribution in [0.3, 0.4) is 0 Å². The summed E-state index contributed by atoms with van der Waals surface area (Å²) in [7, 11) is 0. The Morgan fingerprint density at radius 1 is 0.338 bits per heavy atom. The molecule has 0 aliphatic heterocycles. The standard InChI is InChI=1S/C74H145NO5/c1-3-5-7-9-11-13-15-17-19-36-39-42-46-50-54-58-62-66-72(77)71(70-76)75-73(78)67-63-59-55-51-47-43-40-37-34-32-30-28-26-24-22-20-21-23-25-27-29-31-33-35-38-41-45-49-53-57-61-65-69-80-74(79)68-64-60-56-52-48-44-18-16-14-12-10-8-6-4-2/h23,25,71-72,76-77H,3-22,24,26-70H2,1-2H3,(H,75,78)/b25-23-. The summed E-state index contributed by atoms with van der Waals surface area (Å²) in [6.07, 6.45) is 87.1. The molecule has 0 aromatic carbocycles. The first kappa shape index (κ1) is 78.6. The first-order valence-electron chi connectivity index (χ1n) is 36.9. The van der Waals surface area contributed by atoms with Crippen molar-refractivity contribution < 1.29 is 24.5 Å². The topological polar surface area (TPSA) is 95.9 Å². The number of aliphatic hydroxyl groups excluding tert-OH is 2. The van der Waals surface area contributed by atoms with Gasteiger partial charge in [-0.3, -0.25) is 9.59 Å². The van der Waals surface area contributed by atoms with Gasteiger partial charge in [0.15, 0.2) is 0 Å². The van der Waals surface area contributed by atoms with Gasteiger partial charge in [-0.2, -0.15) is 0 Å². The third-order valence-electron chi connectivity index (χ3n) is 17.6. The van der Waals surface area contributed by atoms with Gasteiger partial charge in [0.1, 0.15) is 0 Å². The molecule has 1 amide bonds. The summed E-state index contributed by atoms with van der Waals surface area (Å²) in [5.74, 6) is -0.00658. The van der Waals surface area contributed by atoms with Crippen LogP contribution >= 0.6 is 0 Å². The van der Waals surface area contributed by atoms with Crippen molar-refractivity contribution in [3.05, 3.63) is 12.2 Å². The third kappa shape index (κ3) is 65.7. The molecular formula is C74H145NO5. The largest absolute Gasteiger partial charge is 0.466 e. The van der Waals surface area contributed by atoms with Gasteiger partial charge in [-0.1, -0.05) is 373 Å². The maximum absolute atomic E-state index is 12.5. The molecule has 0 aliphatic rings. The van der Waals surface area contributed by atoms with E-state index in [0.29, 0.717) is 25.9 Å². The summed E-state index contributed by atoms with van der Waals surface area (Å²) in [5, 5.41) is 23.4. The molecule has 0 saturated heterocycles. The van der Waals surface area contributed by atoms with E-state index in [1.54, 1.807) is 0 Å². The molecule has 2 unspecified atom stereocenters. The van der Waals surface area contributed by atoms with Gasteiger partial charge in [0.05, 0.1) is 25.4 Å². The molecule has 0 rings (SSSR count). The molecule has 0 bridgehead atoms. The van der Waals surface area contributed by atoms with E-state index in [1.165, 1.54) is 353 Å². The maximum atomic E-state index is 12.5. The van der Waals surface area contributed by atoms with E-state index in [1.807, 2.05) is 0 Å². The summed E-state index contributed by atoms with van der Waals surface area (Å²) >= 11 is 0. The fourth-order valence-electron chi connectivity index (χ4n) is 11.9. The molecule has 0 aliphatic carbocycles. The average Bonchev–Trinajstić information content (AvgIpc) is 3.46. The van der Waals surface area contributed by atoms with Crippen molar-refractivity contribution in [1.82, 2.24) is 5.32 Å². The maximum Gasteiger partial charge on any atom is 0.305 e. The van der Waals surface area contributed by atoms with Gasteiger partial charge in [-0.05, 0) is 51.4 Å². The molecule has 6 nitrogen and oxygen atoms in total. The van der Waals surface area contributed by atoms with Gasteiger partial charge in [0, 0.05) is 12.8 Å². The van der Waals surface area contributed by atoms with E-state index in [4.69, 9.17) is 4.74 Å². The Morgan fingerprint density at radius 3 is 0.887 bits per heavy atom. The predicted molar refractivity (Wildman–Crippen MR) is 352 cm³/mol. The normalized spacial score (nSPS) is 12.5. The SMILES string of the molecule is CCCCCCCCCCCCCCCCCCCC(O)C(CO)NC(=O)CCCCCCCCCCCCCCCCCC/C=C\CCCCCCCCCCCCCCOC(=O)CCCCCCCCCCCCCCCC. The number of aliphatic hydroxyl groups is 2. The lowest BCUT2D eigenvalue weighted by Crippen LogP contribution is -2.45. The zero-order valence-electron chi connectivity index (χ0n) is 54.6. The number of esters is 1. The summed E-state index contributed by atoms with van der Waals surface area (Å²) in [6.45, 7) is 5.00. The van der Waals surface area contributed by atoms with Crippen LogP contribution in [0.2, 0.25) is 0 Å². The highest BCUT2D eigenvalue weighted by Crippen LogP contribution is 2.19. The van der Waals surface area contributed by atoms with Crippen LogP contribution in [0.25, 0.3) is 0 Å². The first-order valence-corrected chi connectivity index (χ1v) is 36.9. The zero-order chi connectivity index (χ0) is 57.8. The van der Waals surface area contributed by atoms with Crippen LogP contribution in [0, 0.1) is 0 Å². The molecule has 2 atom stereocenters. The lowest BCUT2D eigenvalue weighted by atomic mass is 10.0. The zero-order valence-corrected chi connectivity index (χ0v) is 54.6. The highest BCUT2D eigenvalue weighted by atomic mass is 16.5. The van der Waals surface area contributed by atoms with Crippen molar-refractivity contribution >= 4 is 11.9 Å². The molecule has 0 aromatic heterocycles. The first-order chi connectivity index (χ1) is 39.5. The van der Waals surface area contributed by atoms with Crippen LogP contribution in [-0.4, -0.2) is 47.4 Å². The van der Waals surface area contributed by atoms with Gasteiger partial charge >= 0.3 is 5.97 Å². The Hall–Kier alpha value is -1.40. The minimum absolute atomic E-state index is 0.0215. The lowest BCUT2D eigenvalue weighted by molar-refractivity contribution is -0.143. The molecule has 3 N–H and O–H groups in total. The number of carbonyl (C=O) groups excluding carboxylic acids is 2. The quantitative estimate of drug-likeness (QED) is 0.0320. The minimum Gasteiger partial charge on any atom is -0.466 e. The van der Waals surface area contributed by atoms with Crippen LogP contribution in [0.5, 0.6) is 0 Å². The average molecular weight is 1130 g/mol. The van der Waals surface area contributed by atoms with E-state index in [-0.39, 0.29) is 18.5 Å². The van der Waals surface area contributed by atoms with Gasteiger partial charge in [0.25, 0.3) is 0 Å². The Kier molecular flexibility index (Phi) is 68.9. The summed E-state index contributed by atoms with van der Waals surface area (Å²) < 4.78 is 5.50. The van der Waals surface area contributed by atoms with E-state index < -0.39 is 12.1 Å². The van der Waals surface area contributed by atoms with E-state index in [2.05, 4.69) is 31.3 Å². The fourth-order valence-corrected chi connectivity index (χ4v) is 11.9. The van der Waals surface area contributed by atoms with Gasteiger partial charge < -0.3 is 20.3 Å². The molecule has 0 radical (unpaired) electrons. The van der Waals surface area contributed by atoms with Crippen LogP contribution in [0.1, 0.15) is 425 Å². The second kappa shape index (κ2) is 70.1.